The molecule has 0 saturated carbocycles. The van der Waals surface area contributed by atoms with Gasteiger partial charge in [0.15, 0.2) is 0 Å². The van der Waals surface area contributed by atoms with E-state index in [2.05, 4.69) is 72.9 Å². The van der Waals surface area contributed by atoms with E-state index in [0.717, 1.165) is 37.6 Å². The lowest BCUT2D eigenvalue weighted by atomic mass is 9.85. The first-order valence-electron chi connectivity index (χ1n) is 10.5. The Morgan fingerprint density at radius 3 is 2.37 bits per heavy atom. The molecule has 0 radical (unpaired) electrons. The number of rotatable bonds is 12. The molecular formula is C24H42O2S. The number of hydrogen-bond acceptors (Lipinski definition) is 3. The molecule has 2 nitrogen and oxygen atoms in total. The minimum absolute atomic E-state index is 0.00506. The smallest absolute Gasteiger partial charge is 0.123 e. The van der Waals surface area contributed by atoms with E-state index in [1.54, 1.807) is 0 Å². The third-order valence-corrected chi connectivity index (χ3v) is 5.66. The fourth-order valence-electron chi connectivity index (χ4n) is 3.40. The molecule has 0 bridgehead atoms. The summed E-state index contributed by atoms with van der Waals surface area (Å²) in [6, 6.07) is 6.70. The van der Waals surface area contributed by atoms with E-state index >= 15 is 0 Å². The Kier molecular flexibility index (Phi) is 10.3. The van der Waals surface area contributed by atoms with Crippen LogP contribution in [0.25, 0.3) is 0 Å². The first-order valence-corrected chi connectivity index (χ1v) is 11.9. The zero-order chi connectivity index (χ0) is 20.5. The summed E-state index contributed by atoms with van der Waals surface area (Å²) in [4.78, 5) is 0. The van der Waals surface area contributed by atoms with Gasteiger partial charge >= 0.3 is 0 Å². The van der Waals surface area contributed by atoms with Crippen molar-refractivity contribution in [3.63, 3.8) is 0 Å². The van der Waals surface area contributed by atoms with Gasteiger partial charge in [-0.05, 0) is 68.4 Å². The fourth-order valence-corrected chi connectivity index (χ4v) is 3.91. The van der Waals surface area contributed by atoms with Crippen LogP contribution in [0.15, 0.2) is 18.2 Å². The maximum atomic E-state index is 6.22. The summed E-state index contributed by atoms with van der Waals surface area (Å²) < 4.78 is 12.0. The van der Waals surface area contributed by atoms with Crippen molar-refractivity contribution in [2.75, 3.05) is 19.5 Å². The molecule has 27 heavy (non-hydrogen) atoms. The molecule has 0 aromatic heterocycles. The molecule has 1 rings (SSSR count). The SMILES string of the molecule is CCOC(C)(C)CCCC(C)CCOc1ccc(CSC)cc1C(C)(C)C. The van der Waals surface area contributed by atoms with E-state index in [1.807, 2.05) is 11.8 Å². The van der Waals surface area contributed by atoms with Gasteiger partial charge in [0.1, 0.15) is 5.75 Å². The molecule has 0 aliphatic carbocycles. The molecule has 0 heterocycles. The van der Waals surface area contributed by atoms with Crippen molar-refractivity contribution in [2.24, 2.45) is 5.92 Å². The standard InChI is InChI=1S/C24H42O2S/c1-9-26-24(6,7)15-10-11-19(2)14-16-25-22-13-12-20(18-27-8)17-21(22)23(3,4)5/h12-13,17,19H,9-11,14-16,18H2,1-8H3. The van der Waals surface area contributed by atoms with Crippen LogP contribution >= 0.6 is 11.8 Å². The van der Waals surface area contributed by atoms with Crippen LogP contribution in [0.2, 0.25) is 0 Å². The van der Waals surface area contributed by atoms with Gasteiger partial charge < -0.3 is 9.47 Å². The van der Waals surface area contributed by atoms with Gasteiger partial charge in [-0.2, -0.15) is 11.8 Å². The van der Waals surface area contributed by atoms with Crippen LogP contribution < -0.4 is 4.74 Å². The fraction of sp³-hybridized carbons (Fsp3) is 0.750. The molecule has 0 fully saturated rings. The predicted octanol–water partition coefficient (Wildman–Crippen LogP) is 7.24. The van der Waals surface area contributed by atoms with Crippen LogP contribution in [0.3, 0.4) is 0 Å². The summed E-state index contributed by atoms with van der Waals surface area (Å²) in [7, 11) is 0. The molecule has 0 aliphatic rings. The van der Waals surface area contributed by atoms with Crippen molar-refractivity contribution in [1.82, 2.24) is 0 Å². The Labute approximate surface area is 172 Å². The van der Waals surface area contributed by atoms with Crippen LogP contribution in [0.4, 0.5) is 0 Å². The number of thioether (sulfide) groups is 1. The van der Waals surface area contributed by atoms with E-state index in [1.165, 1.54) is 24.0 Å². The van der Waals surface area contributed by atoms with Gasteiger partial charge in [0, 0.05) is 12.4 Å². The zero-order valence-corrected chi connectivity index (χ0v) is 19.8. The second-order valence-electron chi connectivity index (χ2n) is 9.34. The molecule has 0 saturated heterocycles. The second-order valence-corrected chi connectivity index (χ2v) is 10.2. The first-order chi connectivity index (χ1) is 12.6. The largest absolute Gasteiger partial charge is 0.493 e. The van der Waals surface area contributed by atoms with Crippen molar-refractivity contribution in [3.8, 4) is 5.75 Å². The third-order valence-electron chi connectivity index (χ3n) is 5.04. The Balaban J connectivity index is 2.51. The van der Waals surface area contributed by atoms with E-state index in [4.69, 9.17) is 9.47 Å². The predicted molar refractivity (Wildman–Crippen MR) is 121 cm³/mol. The van der Waals surface area contributed by atoms with Gasteiger partial charge in [-0.1, -0.05) is 52.7 Å². The highest BCUT2D eigenvalue weighted by molar-refractivity contribution is 7.97. The molecule has 156 valence electrons. The summed E-state index contributed by atoms with van der Waals surface area (Å²) in [5.74, 6) is 2.78. The zero-order valence-electron chi connectivity index (χ0n) is 19.0. The van der Waals surface area contributed by atoms with Crippen LogP contribution in [-0.4, -0.2) is 25.1 Å². The highest BCUT2D eigenvalue weighted by atomic mass is 32.2. The van der Waals surface area contributed by atoms with E-state index in [-0.39, 0.29) is 11.0 Å². The van der Waals surface area contributed by atoms with Crippen molar-refractivity contribution in [2.45, 2.75) is 90.9 Å². The van der Waals surface area contributed by atoms with E-state index < -0.39 is 0 Å². The molecule has 3 heteroatoms. The van der Waals surface area contributed by atoms with Gasteiger partial charge in [-0.15, -0.1) is 0 Å². The molecular weight excluding hydrogens is 352 g/mol. The van der Waals surface area contributed by atoms with Crippen LogP contribution in [0, 0.1) is 5.92 Å². The van der Waals surface area contributed by atoms with Crippen molar-refractivity contribution >= 4 is 11.8 Å². The van der Waals surface area contributed by atoms with Crippen LogP contribution in [-0.2, 0) is 15.9 Å². The average Bonchev–Trinajstić information content (AvgIpc) is 2.55. The monoisotopic (exact) mass is 394 g/mol. The van der Waals surface area contributed by atoms with Gasteiger partial charge in [-0.25, -0.2) is 0 Å². The molecule has 0 amide bonds. The second kappa shape index (κ2) is 11.4. The van der Waals surface area contributed by atoms with Gasteiger partial charge in [0.2, 0.25) is 0 Å². The van der Waals surface area contributed by atoms with Gasteiger partial charge in [-0.3, -0.25) is 0 Å². The van der Waals surface area contributed by atoms with E-state index in [0.29, 0.717) is 5.92 Å². The van der Waals surface area contributed by atoms with Crippen molar-refractivity contribution in [1.29, 1.82) is 0 Å². The average molecular weight is 395 g/mol. The Hall–Kier alpha value is -0.670. The Morgan fingerprint density at radius 2 is 1.78 bits per heavy atom. The number of hydrogen-bond donors (Lipinski definition) is 0. The lowest BCUT2D eigenvalue weighted by molar-refractivity contribution is -0.0183. The summed E-state index contributed by atoms with van der Waals surface area (Å²) in [5, 5.41) is 0. The highest BCUT2D eigenvalue weighted by Gasteiger charge is 2.20. The Morgan fingerprint density at radius 1 is 1.07 bits per heavy atom. The van der Waals surface area contributed by atoms with Crippen molar-refractivity contribution < 1.29 is 9.47 Å². The number of ether oxygens (including phenoxy) is 2. The van der Waals surface area contributed by atoms with Gasteiger partial charge in [0.25, 0.3) is 0 Å². The summed E-state index contributed by atoms with van der Waals surface area (Å²) in [6.45, 7) is 17.2. The lowest BCUT2D eigenvalue weighted by Crippen LogP contribution is -2.24. The normalized spacial score (nSPS) is 13.6. The molecule has 0 N–H and O–H groups in total. The van der Waals surface area contributed by atoms with Crippen molar-refractivity contribution in [3.05, 3.63) is 29.3 Å². The quantitative estimate of drug-likeness (QED) is 0.372. The van der Waals surface area contributed by atoms with Crippen LogP contribution in [0.1, 0.15) is 85.3 Å². The summed E-state index contributed by atoms with van der Waals surface area (Å²) in [6.07, 6.45) is 6.82. The van der Waals surface area contributed by atoms with E-state index in [9.17, 15) is 0 Å². The minimum atomic E-state index is 0.00506. The maximum Gasteiger partial charge on any atom is 0.123 e. The summed E-state index contributed by atoms with van der Waals surface area (Å²) in [5.41, 5.74) is 2.80. The molecule has 1 atom stereocenters. The molecule has 0 spiro atoms. The highest BCUT2D eigenvalue weighted by Crippen LogP contribution is 2.33. The minimum Gasteiger partial charge on any atom is -0.493 e. The topological polar surface area (TPSA) is 18.5 Å². The van der Waals surface area contributed by atoms with Gasteiger partial charge in [0.05, 0.1) is 12.2 Å². The third kappa shape index (κ3) is 9.38. The Bertz CT molecular complexity index is 546. The lowest BCUT2D eigenvalue weighted by Gasteiger charge is -2.25. The molecule has 1 unspecified atom stereocenters. The molecule has 1 aromatic carbocycles. The maximum absolute atomic E-state index is 6.22. The molecule has 1 aromatic rings. The summed E-state index contributed by atoms with van der Waals surface area (Å²) >= 11 is 1.86. The van der Waals surface area contributed by atoms with Crippen LogP contribution in [0.5, 0.6) is 5.75 Å². The number of benzene rings is 1. The first kappa shape index (κ1) is 24.4. The molecule has 0 aliphatic heterocycles.